The van der Waals surface area contributed by atoms with Gasteiger partial charge in [0.1, 0.15) is 17.1 Å². The van der Waals surface area contributed by atoms with Crippen LogP contribution in [0.25, 0.3) is 11.5 Å². The lowest BCUT2D eigenvalue weighted by molar-refractivity contribution is 0.0291. The van der Waals surface area contributed by atoms with Crippen LogP contribution in [0.4, 0.5) is 10.6 Å². The van der Waals surface area contributed by atoms with Crippen LogP contribution in [-0.4, -0.2) is 73.4 Å². The van der Waals surface area contributed by atoms with Crippen LogP contribution in [0.5, 0.6) is 0 Å². The Morgan fingerprint density at radius 1 is 1.39 bits per heavy atom. The van der Waals surface area contributed by atoms with Crippen LogP contribution in [-0.2, 0) is 4.74 Å². The number of aliphatic hydroxyl groups is 1. The number of aliphatic hydroxyl groups excluding tert-OH is 1. The summed E-state index contributed by atoms with van der Waals surface area (Å²) in [6.45, 7) is 9.56. The van der Waals surface area contributed by atoms with Gasteiger partial charge in [-0.3, -0.25) is 5.43 Å². The lowest BCUT2D eigenvalue weighted by atomic mass is 10.1. The van der Waals surface area contributed by atoms with E-state index in [0.29, 0.717) is 30.3 Å². The number of aromatic nitrogens is 5. The third kappa shape index (κ3) is 7.28. The molecule has 0 aromatic carbocycles. The number of anilines is 1. The molecule has 1 amide bonds. The maximum Gasteiger partial charge on any atom is 0.429 e. The van der Waals surface area contributed by atoms with Gasteiger partial charge in [0.05, 0.1) is 12.6 Å². The van der Waals surface area contributed by atoms with Crippen molar-refractivity contribution < 1.29 is 14.6 Å². The lowest BCUT2D eigenvalue weighted by Gasteiger charge is -2.28. The van der Waals surface area contributed by atoms with Crippen LogP contribution >= 0.6 is 0 Å². The average Bonchev–Trinajstić information content (AvgIpc) is 3.19. The Morgan fingerprint density at radius 3 is 2.77 bits per heavy atom. The van der Waals surface area contributed by atoms with Crippen LogP contribution in [0.3, 0.4) is 0 Å². The molecule has 0 bridgehead atoms. The van der Waals surface area contributed by atoms with Crippen LogP contribution in [0.1, 0.15) is 47.1 Å². The average molecular weight is 433 g/mol. The molecule has 170 valence electrons. The fraction of sp³-hybridized carbons (Fsp3) is 0.600. The number of hydrogen-bond acceptors (Lipinski definition) is 9. The Hall–Kier alpha value is -3.08. The Labute approximate surface area is 182 Å². The summed E-state index contributed by atoms with van der Waals surface area (Å²) in [5.41, 5.74) is 2.91. The number of tetrazole rings is 1. The highest BCUT2D eigenvalue weighted by Gasteiger charge is 2.23. The number of carbonyl (C=O) groups is 1. The molecule has 2 N–H and O–H groups in total. The summed E-state index contributed by atoms with van der Waals surface area (Å²) in [7, 11) is 1.72. The predicted octanol–water partition coefficient (Wildman–Crippen LogP) is 2.58. The van der Waals surface area contributed by atoms with E-state index in [1.54, 1.807) is 32.2 Å². The molecule has 0 aliphatic rings. The van der Waals surface area contributed by atoms with Crippen molar-refractivity contribution in [1.82, 2.24) is 30.2 Å². The zero-order valence-electron chi connectivity index (χ0n) is 19.0. The Bertz CT molecular complexity index is 877. The van der Waals surface area contributed by atoms with Crippen LogP contribution < -0.4 is 5.43 Å². The Morgan fingerprint density at radius 2 is 2.13 bits per heavy atom. The number of amides is 1. The number of nitrogens with zero attached hydrogens (tertiary/aromatic N) is 7. The first-order valence-corrected chi connectivity index (χ1v) is 10.2. The summed E-state index contributed by atoms with van der Waals surface area (Å²) in [5, 5.41) is 22.5. The highest BCUT2D eigenvalue weighted by atomic mass is 16.6. The number of pyridine rings is 1. The maximum absolute atomic E-state index is 12.7. The van der Waals surface area contributed by atoms with Crippen molar-refractivity contribution in [2.45, 2.75) is 52.7 Å². The summed E-state index contributed by atoms with van der Waals surface area (Å²) < 4.78 is 7.03. The maximum atomic E-state index is 12.7. The third-order valence-corrected chi connectivity index (χ3v) is 4.23. The van der Waals surface area contributed by atoms with Crippen LogP contribution in [0, 0.1) is 5.92 Å². The third-order valence-electron chi connectivity index (χ3n) is 4.23. The van der Waals surface area contributed by atoms with E-state index in [4.69, 9.17) is 4.74 Å². The molecular formula is C20H32N8O3. The number of carbonyl (C=O) groups excluding carboxylic acids is 1. The molecule has 2 atom stereocenters. The number of hydrazine groups is 1. The number of rotatable bonds is 9. The van der Waals surface area contributed by atoms with Gasteiger partial charge in [0.15, 0.2) is 0 Å². The van der Waals surface area contributed by atoms with E-state index in [1.807, 2.05) is 33.9 Å². The smallest absolute Gasteiger partial charge is 0.429 e. The zero-order chi connectivity index (χ0) is 23.0. The van der Waals surface area contributed by atoms with Gasteiger partial charge in [-0.1, -0.05) is 13.0 Å². The fourth-order valence-electron chi connectivity index (χ4n) is 2.67. The van der Waals surface area contributed by atoms with Gasteiger partial charge in [-0.25, -0.2) is 19.5 Å². The zero-order valence-corrected chi connectivity index (χ0v) is 19.0. The molecule has 0 fully saturated rings. The van der Waals surface area contributed by atoms with Gasteiger partial charge in [0.25, 0.3) is 0 Å². The van der Waals surface area contributed by atoms with Crippen molar-refractivity contribution in [3.63, 3.8) is 0 Å². The molecule has 0 saturated heterocycles. The van der Waals surface area contributed by atoms with Crippen LogP contribution in [0.15, 0.2) is 23.2 Å². The van der Waals surface area contributed by atoms with E-state index in [2.05, 4.69) is 30.9 Å². The highest BCUT2D eigenvalue weighted by Crippen LogP contribution is 2.20. The second kappa shape index (κ2) is 10.8. The summed E-state index contributed by atoms with van der Waals surface area (Å²) >= 11 is 0. The molecule has 2 heterocycles. The first kappa shape index (κ1) is 24.2. The van der Waals surface area contributed by atoms with Gasteiger partial charge in [-0.05, 0) is 62.6 Å². The quantitative estimate of drug-likeness (QED) is 0.457. The largest absolute Gasteiger partial charge is 0.442 e. The van der Waals surface area contributed by atoms with Gasteiger partial charge in [-0.15, -0.1) is 5.10 Å². The summed E-state index contributed by atoms with van der Waals surface area (Å²) in [5.74, 6) is 1.05. The van der Waals surface area contributed by atoms with Gasteiger partial charge in [0, 0.05) is 19.8 Å². The summed E-state index contributed by atoms with van der Waals surface area (Å²) in [6.07, 6.45) is 2.03. The standard InChI is InChI=1S/C20H32N8O3/c1-14(12-21-6)10-11-27(19(30)31-20(3,4)5)24-17-9-7-8-16(22-17)18-23-25-26-28(18)15(2)13-29/h7-9,12,14-15,29H,10-11,13H2,1-6H3,(H,22,24)/t14?,15-/m1/s1. The number of aliphatic imine (C=N–C) groups is 1. The molecule has 2 aromatic rings. The Kier molecular flexibility index (Phi) is 8.43. The number of hydrogen-bond donors (Lipinski definition) is 2. The van der Waals surface area contributed by atoms with Crippen molar-refractivity contribution >= 4 is 18.1 Å². The van der Waals surface area contributed by atoms with Crippen LogP contribution in [0.2, 0.25) is 0 Å². The topological polar surface area (TPSA) is 131 Å². The first-order valence-electron chi connectivity index (χ1n) is 10.2. The molecule has 0 aliphatic heterocycles. The molecule has 0 spiro atoms. The van der Waals surface area contributed by atoms with E-state index >= 15 is 0 Å². The molecule has 1 unspecified atom stereocenters. The highest BCUT2D eigenvalue weighted by molar-refractivity contribution is 5.70. The predicted molar refractivity (Wildman–Crippen MR) is 118 cm³/mol. The molecule has 0 radical (unpaired) electrons. The normalized spacial score (nSPS) is 13.8. The van der Waals surface area contributed by atoms with Crippen molar-refractivity contribution in [3.8, 4) is 11.5 Å². The second-order valence-electron chi connectivity index (χ2n) is 8.30. The van der Waals surface area contributed by atoms with Gasteiger partial charge in [-0.2, -0.15) is 0 Å². The number of ether oxygens (including phenoxy) is 1. The van der Waals surface area contributed by atoms with E-state index in [-0.39, 0.29) is 18.6 Å². The van der Waals surface area contributed by atoms with Gasteiger partial charge in [0.2, 0.25) is 5.82 Å². The van der Waals surface area contributed by atoms with E-state index in [1.165, 1.54) is 9.69 Å². The van der Waals surface area contributed by atoms with Crippen molar-refractivity contribution in [2.24, 2.45) is 10.9 Å². The minimum atomic E-state index is -0.634. The van der Waals surface area contributed by atoms with Crippen molar-refractivity contribution in [3.05, 3.63) is 18.2 Å². The minimum absolute atomic E-state index is 0.109. The molecular weight excluding hydrogens is 400 g/mol. The molecule has 11 nitrogen and oxygen atoms in total. The van der Waals surface area contributed by atoms with Crippen molar-refractivity contribution in [1.29, 1.82) is 0 Å². The monoisotopic (exact) mass is 432 g/mol. The fourth-order valence-corrected chi connectivity index (χ4v) is 2.67. The minimum Gasteiger partial charge on any atom is -0.442 e. The van der Waals surface area contributed by atoms with E-state index in [0.717, 1.165) is 0 Å². The van der Waals surface area contributed by atoms with E-state index in [9.17, 15) is 9.90 Å². The summed E-state index contributed by atoms with van der Waals surface area (Å²) in [6, 6.07) is 4.98. The second-order valence-corrected chi connectivity index (χ2v) is 8.30. The van der Waals surface area contributed by atoms with E-state index < -0.39 is 11.7 Å². The van der Waals surface area contributed by atoms with Gasteiger partial charge < -0.3 is 14.8 Å². The SMILES string of the molecule is CN=CC(C)CCN(Nc1cccc(-c2nnnn2[C@H](C)CO)n1)C(=O)OC(C)(C)C. The van der Waals surface area contributed by atoms with Crippen molar-refractivity contribution in [2.75, 3.05) is 25.6 Å². The Balaban J connectivity index is 2.24. The molecule has 0 aliphatic carbocycles. The number of nitrogens with one attached hydrogen (secondary N) is 1. The lowest BCUT2D eigenvalue weighted by Crippen LogP contribution is -2.41. The molecule has 2 rings (SSSR count). The molecule has 2 aromatic heterocycles. The summed E-state index contributed by atoms with van der Waals surface area (Å²) in [4.78, 5) is 21.3. The first-order chi connectivity index (χ1) is 14.6. The molecule has 31 heavy (non-hydrogen) atoms. The molecule has 0 saturated carbocycles. The van der Waals surface area contributed by atoms with Gasteiger partial charge >= 0.3 is 6.09 Å². The molecule has 11 heteroatoms.